The fourth-order valence-corrected chi connectivity index (χ4v) is 4.59. The van der Waals surface area contributed by atoms with Crippen molar-refractivity contribution in [3.63, 3.8) is 0 Å². The molecule has 7 heteroatoms. The molecule has 0 saturated carbocycles. The Hall–Kier alpha value is -4.91. The zero-order chi connectivity index (χ0) is 24.6. The number of esters is 1. The van der Waals surface area contributed by atoms with E-state index in [4.69, 9.17) is 9.84 Å². The number of nitrogens with zero attached hydrogens (tertiary/aromatic N) is 4. The minimum absolute atomic E-state index is 0.388. The lowest BCUT2D eigenvalue weighted by Crippen LogP contribution is -2.03. The van der Waals surface area contributed by atoms with Gasteiger partial charge in [-0.05, 0) is 48.9 Å². The number of hydrogen-bond donors (Lipinski definition) is 1. The second-order valence-corrected chi connectivity index (χ2v) is 8.55. The number of para-hydroxylation sites is 2. The van der Waals surface area contributed by atoms with Gasteiger partial charge >= 0.3 is 5.97 Å². The smallest absolute Gasteiger partial charge is 0.337 e. The third-order valence-electron chi connectivity index (χ3n) is 6.29. The van der Waals surface area contributed by atoms with Gasteiger partial charge in [-0.25, -0.2) is 14.3 Å². The summed E-state index contributed by atoms with van der Waals surface area (Å²) in [5.74, 6) is 0.242. The lowest BCUT2D eigenvalue weighted by atomic mass is 10.1. The molecule has 6 aromatic rings. The Morgan fingerprint density at radius 3 is 2.64 bits per heavy atom. The Morgan fingerprint density at radius 2 is 1.78 bits per heavy atom. The van der Waals surface area contributed by atoms with Crippen molar-refractivity contribution in [2.45, 2.75) is 6.92 Å². The molecule has 0 fully saturated rings. The lowest BCUT2D eigenvalue weighted by Gasteiger charge is -2.10. The maximum absolute atomic E-state index is 12.0. The number of nitrogens with one attached hydrogen (secondary N) is 1. The summed E-state index contributed by atoms with van der Waals surface area (Å²) in [5, 5.41) is 9.15. The van der Waals surface area contributed by atoms with Crippen molar-refractivity contribution < 1.29 is 9.53 Å². The highest BCUT2D eigenvalue weighted by Crippen LogP contribution is 2.36. The fraction of sp³-hybridized carbons (Fsp3) is 0.0690. The van der Waals surface area contributed by atoms with E-state index in [1.807, 2.05) is 18.3 Å². The number of ether oxygens (including phenoxy) is 1. The van der Waals surface area contributed by atoms with Crippen LogP contribution < -0.4 is 5.32 Å². The number of aryl methyl sites for hydroxylation is 1. The number of rotatable bonds is 5. The summed E-state index contributed by atoms with van der Waals surface area (Å²) in [4.78, 5) is 16.6. The number of methoxy groups -OCH3 is 1. The molecule has 7 nitrogen and oxygen atoms in total. The van der Waals surface area contributed by atoms with Crippen molar-refractivity contribution in [2.75, 3.05) is 12.4 Å². The quantitative estimate of drug-likeness (QED) is 0.303. The Kier molecular flexibility index (Phi) is 5.22. The zero-order valence-electron chi connectivity index (χ0n) is 19.8. The molecular formula is C29H23N5O2. The highest BCUT2D eigenvalue weighted by molar-refractivity contribution is 6.00. The van der Waals surface area contributed by atoms with Crippen LogP contribution in [-0.4, -0.2) is 32.2 Å². The monoisotopic (exact) mass is 473 g/mol. The predicted octanol–water partition coefficient (Wildman–Crippen LogP) is 6.18. The molecule has 0 radical (unpaired) electrons. The van der Waals surface area contributed by atoms with Gasteiger partial charge in [-0.1, -0.05) is 42.5 Å². The van der Waals surface area contributed by atoms with E-state index in [0.29, 0.717) is 11.4 Å². The zero-order valence-corrected chi connectivity index (χ0v) is 19.8. The van der Waals surface area contributed by atoms with Crippen LogP contribution in [-0.2, 0) is 4.74 Å². The third kappa shape index (κ3) is 3.67. The van der Waals surface area contributed by atoms with Crippen LogP contribution in [0.15, 0.2) is 97.5 Å². The fourth-order valence-electron chi connectivity index (χ4n) is 4.59. The van der Waals surface area contributed by atoms with Crippen LogP contribution in [0.2, 0.25) is 0 Å². The molecule has 0 bridgehead atoms. The van der Waals surface area contributed by atoms with Gasteiger partial charge in [0.15, 0.2) is 11.5 Å². The van der Waals surface area contributed by atoms with Crippen molar-refractivity contribution in [3.05, 3.63) is 109 Å². The van der Waals surface area contributed by atoms with Crippen LogP contribution in [0.4, 0.5) is 11.5 Å². The van der Waals surface area contributed by atoms with Gasteiger partial charge in [-0.2, -0.15) is 0 Å². The minimum atomic E-state index is -0.388. The van der Waals surface area contributed by atoms with Gasteiger partial charge in [0.1, 0.15) is 0 Å². The SMILES string of the molecule is COC(=O)c1cccc(Nc2cc(-c3cn(-c4ccccc4C)c4ccccc34)c3nccn3n2)c1. The average Bonchev–Trinajstić information content (AvgIpc) is 3.53. The molecule has 0 amide bonds. The Balaban J connectivity index is 1.51. The maximum atomic E-state index is 12.0. The molecule has 3 aromatic heterocycles. The molecule has 0 aliphatic carbocycles. The molecule has 0 spiro atoms. The molecule has 0 aliphatic rings. The summed E-state index contributed by atoms with van der Waals surface area (Å²) >= 11 is 0. The van der Waals surface area contributed by atoms with E-state index in [0.717, 1.165) is 39.1 Å². The molecular weight excluding hydrogens is 450 g/mol. The van der Waals surface area contributed by atoms with E-state index in [1.165, 1.54) is 12.7 Å². The standard InChI is InChI=1S/C29H23N5O2/c1-19-8-3-5-12-25(19)33-18-24(22-11-4-6-13-26(22)33)23-17-27(32-34-15-14-30-28(23)34)31-21-10-7-9-20(16-21)29(35)36-2/h3-18H,1-2H3,(H,31,32). The van der Waals surface area contributed by atoms with Crippen molar-refractivity contribution in [3.8, 4) is 16.8 Å². The van der Waals surface area contributed by atoms with Gasteiger partial charge in [0.2, 0.25) is 0 Å². The molecule has 0 aliphatic heterocycles. The van der Waals surface area contributed by atoms with E-state index in [9.17, 15) is 4.79 Å². The van der Waals surface area contributed by atoms with Crippen LogP contribution in [0.25, 0.3) is 33.4 Å². The largest absolute Gasteiger partial charge is 0.465 e. The third-order valence-corrected chi connectivity index (χ3v) is 6.29. The van der Waals surface area contributed by atoms with Crippen LogP contribution >= 0.6 is 0 Å². The lowest BCUT2D eigenvalue weighted by molar-refractivity contribution is 0.0601. The van der Waals surface area contributed by atoms with Gasteiger partial charge < -0.3 is 14.6 Å². The first-order valence-electron chi connectivity index (χ1n) is 11.6. The number of anilines is 2. The molecule has 176 valence electrons. The molecule has 1 N–H and O–H groups in total. The molecule has 0 saturated heterocycles. The van der Waals surface area contributed by atoms with Gasteiger partial charge in [0.25, 0.3) is 0 Å². The number of fused-ring (bicyclic) bond motifs is 2. The number of carbonyl (C=O) groups is 1. The number of aromatic nitrogens is 4. The molecule has 0 atom stereocenters. The average molecular weight is 474 g/mol. The van der Waals surface area contributed by atoms with Gasteiger partial charge in [0, 0.05) is 46.5 Å². The highest BCUT2D eigenvalue weighted by Gasteiger charge is 2.17. The second-order valence-electron chi connectivity index (χ2n) is 8.55. The van der Waals surface area contributed by atoms with Crippen LogP contribution in [0, 0.1) is 6.92 Å². The maximum Gasteiger partial charge on any atom is 0.337 e. The minimum Gasteiger partial charge on any atom is -0.465 e. The normalized spacial score (nSPS) is 11.2. The van der Waals surface area contributed by atoms with Gasteiger partial charge in [0.05, 0.1) is 18.2 Å². The first kappa shape index (κ1) is 21.6. The van der Waals surface area contributed by atoms with E-state index < -0.39 is 0 Å². The Morgan fingerprint density at radius 1 is 0.944 bits per heavy atom. The summed E-state index contributed by atoms with van der Waals surface area (Å²) in [6.07, 6.45) is 5.74. The predicted molar refractivity (Wildman–Crippen MR) is 141 cm³/mol. The first-order chi connectivity index (χ1) is 17.6. The second kappa shape index (κ2) is 8.70. The Labute approximate surface area is 207 Å². The molecule has 3 aromatic carbocycles. The molecule has 6 rings (SSSR count). The summed E-state index contributed by atoms with van der Waals surface area (Å²) in [6.45, 7) is 2.12. The van der Waals surface area contributed by atoms with Crippen molar-refractivity contribution in [1.29, 1.82) is 0 Å². The molecule has 0 unspecified atom stereocenters. The topological polar surface area (TPSA) is 73.5 Å². The van der Waals surface area contributed by atoms with Crippen LogP contribution in [0.5, 0.6) is 0 Å². The number of imidazole rings is 1. The molecule has 36 heavy (non-hydrogen) atoms. The van der Waals surface area contributed by atoms with E-state index >= 15 is 0 Å². The summed E-state index contributed by atoms with van der Waals surface area (Å²) in [5.41, 5.74) is 7.40. The number of benzene rings is 3. The first-order valence-corrected chi connectivity index (χ1v) is 11.6. The van der Waals surface area contributed by atoms with Crippen molar-refractivity contribution >= 4 is 34.0 Å². The van der Waals surface area contributed by atoms with Crippen LogP contribution in [0.3, 0.4) is 0 Å². The summed E-state index contributed by atoms with van der Waals surface area (Å²) < 4.78 is 8.85. The van der Waals surface area contributed by atoms with Crippen molar-refractivity contribution in [2.24, 2.45) is 0 Å². The highest BCUT2D eigenvalue weighted by atomic mass is 16.5. The summed E-state index contributed by atoms with van der Waals surface area (Å²) in [6, 6.07) is 25.9. The Bertz CT molecular complexity index is 1750. The van der Waals surface area contributed by atoms with E-state index in [2.05, 4.69) is 76.5 Å². The van der Waals surface area contributed by atoms with E-state index in [-0.39, 0.29) is 5.97 Å². The van der Waals surface area contributed by atoms with E-state index in [1.54, 1.807) is 28.9 Å². The summed E-state index contributed by atoms with van der Waals surface area (Å²) in [7, 11) is 1.37. The van der Waals surface area contributed by atoms with Gasteiger partial charge in [-0.15, -0.1) is 5.10 Å². The number of hydrogen-bond acceptors (Lipinski definition) is 5. The van der Waals surface area contributed by atoms with Crippen LogP contribution in [0.1, 0.15) is 15.9 Å². The molecule has 3 heterocycles. The van der Waals surface area contributed by atoms with Crippen molar-refractivity contribution in [1.82, 2.24) is 19.2 Å². The number of carbonyl (C=O) groups excluding carboxylic acids is 1. The van der Waals surface area contributed by atoms with Gasteiger partial charge in [-0.3, -0.25) is 0 Å².